The number of aliphatic hydroxyl groups excluding tert-OH is 2. The molecule has 3 N–H and O–H groups in total. The normalized spacial score (nSPS) is 13.9. The van der Waals surface area contributed by atoms with E-state index in [2.05, 4.69) is 19.2 Å². The second-order valence-corrected chi connectivity index (χ2v) is 7.75. The minimum atomic E-state index is -0.462. The lowest BCUT2D eigenvalue weighted by atomic mass is 10.0. The van der Waals surface area contributed by atoms with Crippen molar-refractivity contribution in [2.75, 3.05) is 6.54 Å². The molecule has 0 radical (unpaired) electrons. The first-order chi connectivity index (χ1) is 12.2. The van der Waals surface area contributed by atoms with Gasteiger partial charge in [0.15, 0.2) is 0 Å². The van der Waals surface area contributed by atoms with Crippen LogP contribution in [0.15, 0.2) is 0 Å². The van der Waals surface area contributed by atoms with Crippen molar-refractivity contribution in [2.24, 2.45) is 0 Å². The van der Waals surface area contributed by atoms with Crippen LogP contribution in [0.4, 0.5) is 0 Å². The van der Waals surface area contributed by atoms with E-state index < -0.39 is 6.23 Å². The average molecular weight is 358 g/mol. The molecule has 2 atom stereocenters. The van der Waals surface area contributed by atoms with Crippen LogP contribution in [-0.4, -0.2) is 29.1 Å². The number of hydrogen-bond acceptors (Lipinski definition) is 3. The van der Waals surface area contributed by atoms with Crippen LogP contribution in [0.25, 0.3) is 0 Å². The van der Waals surface area contributed by atoms with Gasteiger partial charge in [0.05, 0.1) is 6.10 Å². The molecule has 0 bridgehead atoms. The first-order valence-electron chi connectivity index (χ1n) is 11.3. The first-order valence-corrected chi connectivity index (χ1v) is 11.3. The molecule has 0 fully saturated rings. The Hall–Kier alpha value is -0.120. The molecule has 25 heavy (non-hydrogen) atoms. The molecule has 0 aromatic rings. The minimum Gasteiger partial charge on any atom is -0.392 e. The largest absolute Gasteiger partial charge is 0.392 e. The van der Waals surface area contributed by atoms with Gasteiger partial charge < -0.3 is 10.2 Å². The number of hydrogen-bond donors (Lipinski definition) is 3. The molecule has 0 aliphatic heterocycles. The van der Waals surface area contributed by atoms with Crippen molar-refractivity contribution < 1.29 is 10.2 Å². The Morgan fingerprint density at radius 2 is 1.00 bits per heavy atom. The maximum atomic E-state index is 9.88. The lowest BCUT2D eigenvalue weighted by Crippen LogP contribution is -2.35. The summed E-state index contributed by atoms with van der Waals surface area (Å²) in [6.45, 7) is 4.84. The van der Waals surface area contributed by atoms with Gasteiger partial charge in [0.25, 0.3) is 0 Å². The summed E-state index contributed by atoms with van der Waals surface area (Å²) in [5.41, 5.74) is 0. The van der Waals surface area contributed by atoms with E-state index in [0.29, 0.717) is 6.54 Å². The van der Waals surface area contributed by atoms with Crippen LogP contribution in [-0.2, 0) is 0 Å². The minimum absolute atomic E-state index is 0.316. The molecule has 0 aromatic carbocycles. The molecule has 0 aromatic heterocycles. The van der Waals surface area contributed by atoms with Gasteiger partial charge in [-0.1, -0.05) is 110 Å². The lowest BCUT2D eigenvalue weighted by molar-refractivity contribution is 0.0910. The van der Waals surface area contributed by atoms with Crippen molar-refractivity contribution in [3.8, 4) is 0 Å². The summed E-state index contributed by atoms with van der Waals surface area (Å²) in [5.74, 6) is 0. The maximum Gasteiger partial charge on any atom is 0.104 e. The van der Waals surface area contributed by atoms with E-state index in [4.69, 9.17) is 0 Å². The van der Waals surface area contributed by atoms with E-state index in [1.807, 2.05) is 0 Å². The number of unbranched alkanes of at least 4 members (excludes halogenated alkanes) is 13. The second kappa shape index (κ2) is 20.2. The van der Waals surface area contributed by atoms with Gasteiger partial charge in [-0.3, -0.25) is 5.32 Å². The van der Waals surface area contributed by atoms with E-state index in [1.165, 1.54) is 83.5 Å². The maximum absolute atomic E-state index is 9.88. The molecule has 3 nitrogen and oxygen atoms in total. The Balaban J connectivity index is 3.15. The van der Waals surface area contributed by atoms with Crippen molar-refractivity contribution in [1.29, 1.82) is 0 Å². The molecule has 3 heteroatoms. The van der Waals surface area contributed by atoms with Gasteiger partial charge in [-0.25, -0.2) is 0 Å². The molecular formula is C22H47NO2. The highest BCUT2D eigenvalue weighted by Crippen LogP contribution is 2.13. The third-order valence-electron chi connectivity index (χ3n) is 5.04. The Kier molecular flexibility index (Phi) is 20.1. The monoisotopic (exact) mass is 357 g/mol. The summed E-state index contributed by atoms with van der Waals surface area (Å²) < 4.78 is 0. The summed E-state index contributed by atoms with van der Waals surface area (Å²) >= 11 is 0. The summed E-state index contributed by atoms with van der Waals surface area (Å²) in [7, 11) is 0. The van der Waals surface area contributed by atoms with Crippen LogP contribution in [0, 0.1) is 0 Å². The average Bonchev–Trinajstić information content (AvgIpc) is 2.60. The standard InChI is InChI=1S/C22H47NO2/c1-3-5-6-7-8-9-10-11-12-13-14-15-16-17-19-21(24)20-23-22(25)18-4-2/h21-25H,3-20H2,1-2H3. The van der Waals surface area contributed by atoms with Crippen LogP contribution in [0.5, 0.6) is 0 Å². The smallest absolute Gasteiger partial charge is 0.104 e. The van der Waals surface area contributed by atoms with Gasteiger partial charge in [0.2, 0.25) is 0 Å². The van der Waals surface area contributed by atoms with Crippen molar-refractivity contribution in [3.05, 3.63) is 0 Å². The van der Waals surface area contributed by atoms with E-state index in [9.17, 15) is 10.2 Å². The molecule has 0 spiro atoms. The lowest BCUT2D eigenvalue weighted by Gasteiger charge is -2.15. The third-order valence-corrected chi connectivity index (χ3v) is 5.04. The van der Waals surface area contributed by atoms with E-state index in [1.54, 1.807) is 0 Å². The molecule has 0 saturated carbocycles. The summed E-state index contributed by atoms with van der Waals surface area (Å²) in [5, 5.41) is 22.4. The Morgan fingerprint density at radius 3 is 1.44 bits per heavy atom. The molecule has 0 amide bonds. The van der Waals surface area contributed by atoms with Crippen LogP contribution < -0.4 is 5.32 Å². The van der Waals surface area contributed by atoms with E-state index in [-0.39, 0.29) is 6.10 Å². The molecule has 152 valence electrons. The van der Waals surface area contributed by atoms with Crippen LogP contribution in [0.2, 0.25) is 0 Å². The molecular weight excluding hydrogens is 310 g/mol. The highest BCUT2D eigenvalue weighted by atomic mass is 16.3. The zero-order chi connectivity index (χ0) is 18.6. The Morgan fingerprint density at radius 1 is 0.560 bits per heavy atom. The molecule has 0 aliphatic rings. The molecule has 0 saturated heterocycles. The third kappa shape index (κ3) is 20.0. The van der Waals surface area contributed by atoms with E-state index >= 15 is 0 Å². The van der Waals surface area contributed by atoms with Gasteiger partial charge >= 0.3 is 0 Å². The number of nitrogens with one attached hydrogen (secondary N) is 1. The van der Waals surface area contributed by atoms with Gasteiger partial charge in [0, 0.05) is 6.54 Å². The van der Waals surface area contributed by atoms with E-state index in [0.717, 1.165) is 25.7 Å². The van der Waals surface area contributed by atoms with Gasteiger partial charge in [-0.05, 0) is 12.8 Å². The zero-order valence-corrected chi connectivity index (χ0v) is 17.3. The summed E-state index contributed by atoms with van der Waals surface area (Å²) in [6, 6.07) is 0. The van der Waals surface area contributed by atoms with Crippen molar-refractivity contribution >= 4 is 0 Å². The van der Waals surface area contributed by atoms with Gasteiger partial charge in [0.1, 0.15) is 6.23 Å². The van der Waals surface area contributed by atoms with Crippen LogP contribution >= 0.6 is 0 Å². The predicted molar refractivity (Wildman–Crippen MR) is 110 cm³/mol. The summed E-state index contributed by atoms with van der Waals surface area (Å²) in [4.78, 5) is 0. The van der Waals surface area contributed by atoms with Gasteiger partial charge in [-0.15, -0.1) is 0 Å². The summed E-state index contributed by atoms with van der Waals surface area (Å²) in [6.07, 6.45) is 20.9. The highest BCUT2D eigenvalue weighted by Gasteiger charge is 2.07. The van der Waals surface area contributed by atoms with Gasteiger partial charge in [-0.2, -0.15) is 0 Å². The molecule has 0 aliphatic carbocycles. The predicted octanol–water partition coefficient (Wildman–Crippen LogP) is 5.93. The fourth-order valence-corrected chi connectivity index (χ4v) is 3.32. The fourth-order valence-electron chi connectivity index (χ4n) is 3.32. The molecule has 0 rings (SSSR count). The Bertz CT molecular complexity index is 248. The number of rotatable bonds is 20. The van der Waals surface area contributed by atoms with Crippen molar-refractivity contribution in [3.63, 3.8) is 0 Å². The van der Waals surface area contributed by atoms with Crippen molar-refractivity contribution in [1.82, 2.24) is 5.32 Å². The van der Waals surface area contributed by atoms with Crippen molar-refractivity contribution in [2.45, 2.75) is 135 Å². The van der Waals surface area contributed by atoms with Crippen LogP contribution in [0.1, 0.15) is 123 Å². The Labute approximate surface area is 158 Å². The molecule has 0 heterocycles. The zero-order valence-electron chi connectivity index (χ0n) is 17.3. The SMILES string of the molecule is CCCCCCCCCCCCCCCCC(O)CNC(O)CCC. The quantitative estimate of drug-likeness (QED) is 0.187. The first kappa shape index (κ1) is 24.9. The number of aliphatic hydroxyl groups is 2. The second-order valence-electron chi connectivity index (χ2n) is 7.75. The topological polar surface area (TPSA) is 52.5 Å². The fraction of sp³-hybridized carbons (Fsp3) is 1.00. The van der Waals surface area contributed by atoms with Crippen LogP contribution in [0.3, 0.4) is 0 Å². The molecule has 2 unspecified atom stereocenters. The highest BCUT2D eigenvalue weighted by molar-refractivity contribution is 4.62.